The van der Waals surface area contributed by atoms with E-state index in [0.717, 1.165) is 36.9 Å². The van der Waals surface area contributed by atoms with Crippen LogP contribution in [0.1, 0.15) is 60.4 Å². The van der Waals surface area contributed by atoms with E-state index in [1.807, 2.05) is 11.4 Å². The minimum atomic E-state index is -0.189. The van der Waals surface area contributed by atoms with Crippen molar-refractivity contribution in [1.82, 2.24) is 20.1 Å². The highest BCUT2D eigenvalue weighted by Gasteiger charge is 2.26. The molecule has 2 aromatic heterocycles. The van der Waals surface area contributed by atoms with Gasteiger partial charge in [-0.1, -0.05) is 6.92 Å². The Hall–Kier alpha value is -1.73. The average Bonchev–Trinajstić information content (AvgIpc) is 3.14. The van der Waals surface area contributed by atoms with E-state index in [-0.39, 0.29) is 5.91 Å². The molecule has 0 unspecified atom stereocenters. The number of carbonyl (C=O) groups excluding carboxylic acids is 1. The Morgan fingerprint density at radius 2 is 2.17 bits per heavy atom. The number of aromatic amines is 1. The van der Waals surface area contributed by atoms with E-state index in [2.05, 4.69) is 32.3 Å². The molecule has 1 aliphatic carbocycles. The van der Waals surface area contributed by atoms with Crippen LogP contribution in [0.2, 0.25) is 0 Å². The molecule has 3 heterocycles. The highest BCUT2D eigenvalue weighted by atomic mass is 32.1. The number of rotatable bonds is 5. The summed E-state index contributed by atoms with van der Waals surface area (Å²) in [6.45, 7) is 5.46. The quantitative estimate of drug-likeness (QED) is 0.872. The number of carbonyl (C=O) groups is 1. The maximum Gasteiger partial charge on any atom is 0.277 e. The third-order valence-corrected chi connectivity index (χ3v) is 5.69. The highest BCUT2D eigenvalue weighted by molar-refractivity contribution is 7.13. The lowest BCUT2D eigenvalue weighted by Crippen LogP contribution is -2.32. The van der Waals surface area contributed by atoms with Crippen molar-refractivity contribution in [1.29, 1.82) is 0 Å². The van der Waals surface area contributed by atoms with Crippen LogP contribution in [0.4, 0.5) is 5.13 Å². The van der Waals surface area contributed by atoms with Gasteiger partial charge < -0.3 is 0 Å². The van der Waals surface area contributed by atoms with Crippen LogP contribution in [0.5, 0.6) is 0 Å². The molecule has 6 nitrogen and oxygen atoms in total. The van der Waals surface area contributed by atoms with Crippen molar-refractivity contribution in [2.45, 2.75) is 45.1 Å². The largest absolute Gasteiger partial charge is 0.297 e. The fourth-order valence-corrected chi connectivity index (χ4v) is 3.80. The van der Waals surface area contributed by atoms with E-state index in [0.29, 0.717) is 16.7 Å². The van der Waals surface area contributed by atoms with E-state index in [9.17, 15) is 4.79 Å². The molecule has 7 heteroatoms. The van der Waals surface area contributed by atoms with Gasteiger partial charge in [-0.25, -0.2) is 4.98 Å². The summed E-state index contributed by atoms with van der Waals surface area (Å²) in [7, 11) is 0. The second kappa shape index (κ2) is 6.64. The zero-order valence-electron chi connectivity index (χ0n) is 13.9. The maximum atomic E-state index is 12.3. The number of hydrogen-bond donors (Lipinski definition) is 2. The lowest BCUT2D eigenvalue weighted by atomic mass is 9.99. The van der Waals surface area contributed by atoms with Crippen molar-refractivity contribution in [2.24, 2.45) is 5.92 Å². The molecule has 0 atom stereocenters. The van der Waals surface area contributed by atoms with Gasteiger partial charge in [0.05, 0.1) is 5.69 Å². The normalized spacial score (nSPS) is 19.5. The summed E-state index contributed by atoms with van der Waals surface area (Å²) < 4.78 is 0. The van der Waals surface area contributed by atoms with Crippen molar-refractivity contribution in [2.75, 3.05) is 18.4 Å². The van der Waals surface area contributed by atoms with Crippen LogP contribution in [0.3, 0.4) is 0 Å². The minimum absolute atomic E-state index is 0.189. The SMILES string of the molecule is CC1CCN(Cc2csc(NC(=O)c3cc(C4CC4)[nH]n3)n2)CC1. The molecule has 0 spiro atoms. The standard InChI is InChI=1S/C17H23N5OS/c1-11-4-6-22(7-5-11)9-13-10-24-17(18-13)19-16(23)15-8-14(20-21-15)12-2-3-12/h8,10-12H,2-7,9H2,1H3,(H,20,21)(H,18,19,23). The first kappa shape index (κ1) is 15.8. The highest BCUT2D eigenvalue weighted by Crippen LogP contribution is 2.39. The summed E-state index contributed by atoms with van der Waals surface area (Å²) in [6, 6.07) is 1.86. The van der Waals surface area contributed by atoms with Gasteiger partial charge in [-0.15, -0.1) is 11.3 Å². The number of nitrogens with zero attached hydrogens (tertiary/aromatic N) is 3. The molecule has 0 radical (unpaired) electrons. The molecule has 2 fully saturated rings. The number of amides is 1. The predicted octanol–water partition coefficient (Wildman–Crippen LogP) is 3.23. The monoisotopic (exact) mass is 345 g/mol. The molecule has 2 N–H and O–H groups in total. The predicted molar refractivity (Wildman–Crippen MR) is 94.3 cm³/mol. The summed E-state index contributed by atoms with van der Waals surface area (Å²) in [5.74, 6) is 1.21. The molecule has 1 aliphatic heterocycles. The second-order valence-electron chi connectivity index (χ2n) is 7.04. The molecular weight excluding hydrogens is 322 g/mol. The second-order valence-corrected chi connectivity index (χ2v) is 7.90. The number of piperidine rings is 1. The van der Waals surface area contributed by atoms with Gasteiger partial charge in [0.25, 0.3) is 5.91 Å². The molecule has 24 heavy (non-hydrogen) atoms. The first-order valence-electron chi connectivity index (χ1n) is 8.71. The van der Waals surface area contributed by atoms with Gasteiger partial charge in [0.1, 0.15) is 0 Å². The van der Waals surface area contributed by atoms with Gasteiger partial charge in [-0.2, -0.15) is 5.10 Å². The lowest BCUT2D eigenvalue weighted by Gasteiger charge is -2.29. The maximum absolute atomic E-state index is 12.3. The third kappa shape index (κ3) is 3.67. The Bertz CT molecular complexity index is 712. The molecular formula is C17H23N5OS. The van der Waals surface area contributed by atoms with Crippen molar-refractivity contribution < 1.29 is 4.79 Å². The molecule has 2 aromatic rings. The average molecular weight is 345 g/mol. The Kier molecular flexibility index (Phi) is 4.37. The van der Waals surface area contributed by atoms with Gasteiger partial charge in [0, 0.05) is 23.5 Å². The number of hydrogen-bond acceptors (Lipinski definition) is 5. The smallest absolute Gasteiger partial charge is 0.277 e. The number of thiazole rings is 1. The molecule has 1 saturated carbocycles. The molecule has 1 amide bonds. The first-order chi connectivity index (χ1) is 11.7. The molecule has 128 valence electrons. The Balaban J connectivity index is 1.33. The Morgan fingerprint density at radius 1 is 1.38 bits per heavy atom. The van der Waals surface area contributed by atoms with Crippen molar-refractivity contribution in [3.8, 4) is 0 Å². The Morgan fingerprint density at radius 3 is 2.92 bits per heavy atom. The van der Waals surface area contributed by atoms with Crippen LogP contribution < -0.4 is 5.32 Å². The third-order valence-electron chi connectivity index (χ3n) is 4.88. The number of H-pyrrole nitrogens is 1. The molecule has 4 rings (SSSR count). The van der Waals surface area contributed by atoms with Gasteiger partial charge in [0.15, 0.2) is 10.8 Å². The number of nitrogens with one attached hydrogen (secondary N) is 2. The number of aromatic nitrogens is 3. The van der Waals surface area contributed by atoms with Gasteiger partial charge in [0.2, 0.25) is 0 Å². The summed E-state index contributed by atoms with van der Waals surface area (Å²) >= 11 is 1.48. The van der Waals surface area contributed by atoms with E-state index >= 15 is 0 Å². The van der Waals surface area contributed by atoms with Crippen LogP contribution in [0.25, 0.3) is 0 Å². The minimum Gasteiger partial charge on any atom is -0.297 e. The van der Waals surface area contributed by atoms with Crippen LogP contribution in [-0.4, -0.2) is 39.1 Å². The molecule has 2 aliphatic rings. The van der Waals surface area contributed by atoms with E-state index in [4.69, 9.17) is 0 Å². The van der Waals surface area contributed by atoms with E-state index < -0.39 is 0 Å². The van der Waals surface area contributed by atoms with Gasteiger partial charge >= 0.3 is 0 Å². The van der Waals surface area contributed by atoms with Crippen LogP contribution in [-0.2, 0) is 6.54 Å². The zero-order chi connectivity index (χ0) is 16.5. The Labute approximate surface area is 145 Å². The zero-order valence-corrected chi connectivity index (χ0v) is 14.7. The summed E-state index contributed by atoms with van der Waals surface area (Å²) in [5.41, 5.74) is 2.54. The molecule has 0 bridgehead atoms. The topological polar surface area (TPSA) is 73.9 Å². The van der Waals surface area contributed by atoms with E-state index in [1.165, 1.54) is 37.0 Å². The molecule has 1 saturated heterocycles. The summed E-state index contributed by atoms with van der Waals surface area (Å²) in [5, 5.41) is 12.6. The van der Waals surface area contributed by atoms with Crippen molar-refractivity contribution in [3.63, 3.8) is 0 Å². The number of likely N-dealkylation sites (tertiary alicyclic amines) is 1. The van der Waals surface area contributed by atoms with E-state index in [1.54, 1.807) is 0 Å². The van der Waals surface area contributed by atoms with Gasteiger partial charge in [-0.3, -0.25) is 20.1 Å². The fourth-order valence-electron chi connectivity index (χ4n) is 3.10. The van der Waals surface area contributed by atoms with Crippen molar-refractivity contribution in [3.05, 3.63) is 28.5 Å². The first-order valence-corrected chi connectivity index (χ1v) is 9.59. The van der Waals surface area contributed by atoms with Crippen LogP contribution in [0, 0.1) is 5.92 Å². The summed E-state index contributed by atoms with van der Waals surface area (Å²) in [6.07, 6.45) is 4.90. The van der Waals surface area contributed by atoms with Crippen LogP contribution in [0.15, 0.2) is 11.4 Å². The van der Waals surface area contributed by atoms with Gasteiger partial charge in [-0.05, 0) is 50.8 Å². The fraction of sp³-hybridized carbons (Fsp3) is 0.588. The lowest BCUT2D eigenvalue weighted by molar-refractivity contribution is 0.102. The number of anilines is 1. The summed E-state index contributed by atoms with van der Waals surface area (Å²) in [4.78, 5) is 19.3. The van der Waals surface area contributed by atoms with Crippen molar-refractivity contribution >= 4 is 22.4 Å². The van der Waals surface area contributed by atoms with Crippen LogP contribution >= 0.6 is 11.3 Å². The molecule has 0 aromatic carbocycles.